The molecule has 0 saturated carbocycles. The number of carbonyl (C=O) groups excluding carboxylic acids is 1. The molecular formula is C9H4F3IN2O. The summed E-state index contributed by atoms with van der Waals surface area (Å²) < 4.78 is 37.4. The fourth-order valence-electron chi connectivity index (χ4n) is 1.13. The summed E-state index contributed by atoms with van der Waals surface area (Å²) in [5.74, 6) is -0.872. The first-order valence-corrected chi connectivity index (χ1v) is 4.96. The van der Waals surface area contributed by atoms with Gasteiger partial charge in [0.15, 0.2) is 0 Å². The Morgan fingerprint density at radius 1 is 1.44 bits per heavy atom. The van der Waals surface area contributed by atoms with E-state index in [1.807, 2.05) is 0 Å². The van der Waals surface area contributed by atoms with E-state index in [1.54, 1.807) is 0 Å². The van der Waals surface area contributed by atoms with Crippen molar-refractivity contribution in [3.8, 4) is 6.07 Å². The molecule has 0 aromatic heterocycles. The van der Waals surface area contributed by atoms with Crippen molar-refractivity contribution < 1.29 is 18.0 Å². The Bertz CT molecular complexity index is 491. The topological polar surface area (TPSA) is 66.9 Å². The standard InChI is InChI=1S/C9H4F3IN2O/c10-9(11,12)7-5(3-14)1-4(8(15)16)2-6(7)13/h1-2H,(H2,15,16). The van der Waals surface area contributed by atoms with E-state index in [-0.39, 0.29) is 9.13 Å². The lowest BCUT2D eigenvalue weighted by Gasteiger charge is -2.11. The molecule has 1 aromatic carbocycles. The van der Waals surface area contributed by atoms with Gasteiger partial charge in [0.2, 0.25) is 5.91 Å². The first-order valence-electron chi connectivity index (χ1n) is 3.88. The minimum absolute atomic E-state index is 0.117. The molecule has 16 heavy (non-hydrogen) atoms. The predicted molar refractivity (Wildman–Crippen MR) is 57.4 cm³/mol. The van der Waals surface area contributed by atoms with E-state index in [9.17, 15) is 18.0 Å². The van der Waals surface area contributed by atoms with Crippen molar-refractivity contribution in [2.75, 3.05) is 0 Å². The smallest absolute Gasteiger partial charge is 0.366 e. The van der Waals surface area contributed by atoms with Crippen LogP contribution in [0, 0.1) is 14.9 Å². The molecule has 0 radical (unpaired) electrons. The number of hydrogen-bond acceptors (Lipinski definition) is 2. The number of benzene rings is 1. The van der Waals surface area contributed by atoms with Crippen molar-refractivity contribution in [1.29, 1.82) is 5.26 Å². The number of nitrogens with zero attached hydrogens (tertiary/aromatic N) is 1. The Balaban J connectivity index is 3.55. The van der Waals surface area contributed by atoms with E-state index in [0.29, 0.717) is 0 Å². The minimum atomic E-state index is -4.63. The van der Waals surface area contributed by atoms with Crippen molar-refractivity contribution in [2.24, 2.45) is 5.73 Å². The third kappa shape index (κ3) is 2.44. The van der Waals surface area contributed by atoms with Crippen LogP contribution in [-0.2, 0) is 6.18 Å². The number of nitriles is 1. The van der Waals surface area contributed by atoms with Crippen molar-refractivity contribution in [1.82, 2.24) is 0 Å². The van der Waals surface area contributed by atoms with Gasteiger partial charge in [-0.3, -0.25) is 4.79 Å². The second-order valence-corrected chi connectivity index (χ2v) is 4.02. The number of alkyl halides is 3. The van der Waals surface area contributed by atoms with E-state index in [0.717, 1.165) is 12.1 Å². The Hall–Kier alpha value is -1.30. The molecule has 3 nitrogen and oxygen atoms in total. The number of primary amides is 1. The largest absolute Gasteiger partial charge is 0.418 e. The van der Waals surface area contributed by atoms with Crippen LogP contribution in [0.4, 0.5) is 13.2 Å². The van der Waals surface area contributed by atoms with Crippen molar-refractivity contribution in [3.05, 3.63) is 32.4 Å². The molecule has 2 N–H and O–H groups in total. The van der Waals surface area contributed by atoms with Gasteiger partial charge in [-0.1, -0.05) is 0 Å². The van der Waals surface area contributed by atoms with Gasteiger partial charge in [-0.05, 0) is 34.7 Å². The number of carbonyl (C=O) groups is 1. The van der Waals surface area contributed by atoms with Gasteiger partial charge in [-0.15, -0.1) is 0 Å². The van der Waals surface area contributed by atoms with Gasteiger partial charge in [0, 0.05) is 9.13 Å². The van der Waals surface area contributed by atoms with Crippen LogP contribution in [0.1, 0.15) is 21.5 Å². The molecule has 0 unspecified atom stereocenters. The molecule has 0 fully saturated rings. The quantitative estimate of drug-likeness (QED) is 0.797. The third-order valence-corrected chi connectivity index (χ3v) is 2.63. The molecule has 0 spiro atoms. The van der Waals surface area contributed by atoms with E-state index in [2.05, 4.69) is 0 Å². The second-order valence-electron chi connectivity index (χ2n) is 2.85. The highest BCUT2D eigenvalue weighted by atomic mass is 127. The minimum Gasteiger partial charge on any atom is -0.366 e. The maximum Gasteiger partial charge on any atom is 0.418 e. The summed E-state index contributed by atoms with van der Waals surface area (Å²) in [4.78, 5) is 10.8. The molecule has 7 heteroatoms. The Labute approximate surface area is 102 Å². The van der Waals surface area contributed by atoms with Gasteiger partial charge in [0.1, 0.15) is 0 Å². The number of nitrogens with two attached hydrogens (primary N) is 1. The number of rotatable bonds is 1. The molecular weight excluding hydrogens is 336 g/mol. The zero-order valence-corrected chi connectivity index (χ0v) is 9.76. The molecule has 84 valence electrons. The molecule has 1 amide bonds. The highest BCUT2D eigenvalue weighted by molar-refractivity contribution is 14.1. The monoisotopic (exact) mass is 340 g/mol. The van der Waals surface area contributed by atoms with Gasteiger partial charge in [-0.2, -0.15) is 18.4 Å². The lowest BCUT2D eigenvalue weighted by Crippen LogP contribution is -2.15. The van der Waals surface area contributed by atoms with Crippen LogP contribution < -0.4 is 5.73 Å². The Kier molecular flexibility index (Phi) is 3.42. The lowest BCUT2D eigenvalue weighted by atomic mass is 10.0. The summed E-state index contributed by atoms with van der Waals surface area (Å²) in [5, 5.41) is 8.61. The summed E-state index contributed by atoms with van der Waals surface area (Å²) in [6, 6.07) is 3.25. The summed E-state index contributed by atoms with van der Waals surface area (Å²) in [6.07, 6.45) is -4.63. The lowest BCUT2D eigenvalue weighted by molar-refractivity contribution is -0.138. The van der Waals surface area contributed by atoms with Crippen molar-refractivity contribution in [2.45, 2.75) is 6.18 Å². The van der Waals surface area contributed by atoms with Gasteiger partial charge in [0.25, 0.3) is 0 Å². The van der Waals surface area contributed by atoms with Crippen LogP contribution in [0.25, 0.3) is 0 Å². The number of halogens is 4. The molecule has 0 bridgehead atoms. The molecule has 1 rings (SSSR count). The molecule has 0 atom stereocenters. The predicted octanol–water partition coefficient (Wildman–Crippen LogP) is 2.28. The van der Waals surface area contributed by atoms with E-state index >= 15 is 0 Å². The van der Waals surface area contributed by atoms with Crippen LogP contribution in [0.15, 0.2) is 12.1 Å². The first-order chi connectivity index (χ1) is 7.27. The van der Waals surface area contributed by atoms with E-state index in [4.69, 9.17) is 11.0 Å². The fraction of sp³-hybridized carbons (Fsp3) is 0.111. The number of hydrogen-bond donors (Lipinski definition) is 1. The molecule has 1 aromatic rings. The van der Waals surface area contributed by atoms with Crippen LogP contribution in [-0.4, -0.2) is 5.91 Å². The van der Waals surface area contributed by atoms with Gasteiger partial charge in [0.05, 0.1) is 17.2 Å². The zero-order chi connectivity index (χ0) is 12.5. The highest BCUT2D eigenvalue weighted by Crippen LogP contribution is 2.35. The molecule has 0 saturated heterocycles. The average molecular weight is 340 g/mol. The summed E-state index contributed by atoms with van der Waals surface area (Å²) in [6.45, 7) is 0. The summed E-state index contributed by atoms with van der Waals surface area (Å²) in [5.41, 5.74) is 3.17. The van der Waals surface area contributed by atoms with E-state index < -0.39 is 23.2 Å². The highest BCUT2D eigenvalue weighted by Gasteiger charge is 2.36. The van der Waals surface area contributed by atoms with Gasteiger partial charge < -0.3 is 5.73 Å². The fourth-order valence-corrected chi connectivity index (χ4v) is 2.06. The summed E-state index contributed by atoms with van der Waals surface area (Å²) in [7, 11) is 0. The van der Waals surface area contributed by atoms with Crippen molar-refractivity contribution >= 4 is 28.5 Å². The van der Waals surface area contributed by atoms with Gasteiger partial charge >= 0.3 is 6.18 Å². The third-order valence-electron chi connectivity index (χ3n) is 1.78. The van der Waals surface area contributed by atoms with E-state index in [1.165, 1.54) is 28.7 Å². The maximum absolute atomic E-state index is 12.6. The molecule has 0 heterocycles. The van der Waals surface area contributed by atoms with Crippen LogP contribution in [0.2, 0.25) is 0 Å². The second kappa shape index (κ2) is 4.29. The SMILES string of the molecule is N#Cc1cc(C(N)=O)cc(I)c1C(F)(F)F. The average Bonchev–Trinajstić information content (AvgIpc) is 2.14. The maximum atomic E-state index is 12.6. The zero-order valence-electron chi connectivity index (χ0n) is 7.60. The Morgan fingerprint density at radius 2 is 2.00 bits per heavy atom. The molecule has 0 aliphatic carbocycles. The molecule has 0 aliphatic heterocycles. The van der Waals surface area contributed by atoms with Gasteiger partial charge in [-0.25, -0.2) is 0 Å². The van der Waals surface area contributed by atoms with Crippen molar-refractivity contribution in [3.63, 3.8) is 0 Å². The van der Waals surface area contributed by atoms with Crippen LogP contribution >= 0.6 is 22.6 Å². The summed E-state index contributed by atoms with van der Waals surface area (Å²) >= 11 is 1.41. The normalized spacial score (nSPS) is 10.9. The van der Waals surface area contributed by atoms with Crippen LogP contribution in [0.5, 0.6) is 0 Å². The molecule has 0 aliphatic rings. The number of amides is 1. The first kappa shape index (κ1) is 12.8. The Morgan fingerprint density at radius 3 is 2.38 bits per heavy atom. The van der Waals surface area contributed by atoms with Crippen LogP contribution in [0.3, 0.4) is 0 Å².